The maximum atomic E-state index is 12.4. The van der Waals surface area contributed by atoms with Crippen molar-refractivity contribution in [3.05, 3.63) is 47.8 Å². The van der Waals surface area contributed by atoms with Crippen LogP contribution in [0.4, 0.5) is 26.3 Å². The molecule has 1 heterocycles. The minimum atomic E-state index is -4.89. The number of halogens is 6. The molecule has 0 fully saturated rings. The number of nitrogens with one attached hydrogen (secondary N) is 1. The summed E-state index contributed by atoms with van der Waals surface area (Å²) in [6, 6.07) is 5.89. The first-order chi connectivity index (χ1) is 11.5. The second-order valence-electron chi connectivity index (χ2n) is 4.83. The number of ether oxygens (including phenoxy) is 1. The molecule has 0 bridgehead atoms. The van der Waals surface area contributed by atoms with Crippen molar-refractivity contribution in [2.45, 2.75) is 25.6 Å². The van der Waals surface area contributed by atoms with Gasteiger partial charge in [0.05, 0.1) is 0 Å². The Labute approximate surface area is 137 Å². The highest BCUT2D eigenvalue weighted by atomic mass is 19.4. The molecule has 0 atom stereocenters. The van der Waals surface area contributed by atoms with Crippen LogP contribution in [0.2, 0.25) is 0 Å². The van der Waals surface area contributed by atoms with Gasteiger partial charge in [-0.1, -0.05) is 18.2 Å². The van der Waals surface area contributed by atoms with Crippen molar-refractivity contribution >= 4 is 5.91 Å². The Morgan fingerprint density at radius 3 is 2.40 bits per heavy atom. The number of nitrogens with zero attached hydrogens (tertiary/aromatic N) is 2. The van der Waals surface area contributed by atoms with Crippen LogP contribution in [0.15, 0.2) is 36.5 Å². The summed E-state index contributed by atoms with van der Waals surface area (Å²) in [4.78, 5) is 11.7. The van der Waals surface area contributed by atoms with Crippen molar-refractivity contribution < 1.29 is 35.9 Å². The first kappa shape index (κ1) is 18.6. The summed E-state index contributed by atoms with van der Waals surface area (Å²) in [6.45, 7) is -0.809. The minimum absolute atomic E-state index is 0.0598. The summed E-state index contributed by atoms with van der Waals surface area (Å²) in [5.74, 6) is -1.20. The van der Waals surface area contributed by atoms with Crippen LogP contribution in [0.1, 0.15) is 11.3 Å². The number of carbonyl (C=O) groups excluding carboxylic acids is 1. The zero-order chi connectivity index (χ0) is 18.7. The van der Waals surface area contributed by atoms with Crippen molar-refractivity contribution in [3.8, 4) is 5.75 Å². The lowest BCUT2D eigenvalue weighted by molar-refractivity contribution is -0.274. The summed E-state index contributed by atoms with van der Waals surface area (Å²) in [5.41, 5.74) is -1.09. The number of amides is 1. The topological polar surface area (TPSA) is 56.2 Å². The van der Waals surface area contributed by atoms with Crippen LogP contribution in [0.25, 0.3) is 0 Å². The van der Waals surface area contributed by atoms with E-state index in [1.165, 1.54) is 18.2 Å². The molecular weight excluding hydrogens is 356 g/mol. The van der Waals surface area contributed by atoms with E-state index < -0.39 is 36.4 Å². The largest absolute Gasteiger partial charge is 0.573 e. The van der Waals surface area contributed by atoms with Crippen molar-refractivity contribution in [3.63, 3.8) is 0 Å². The maximum Gasteiger partial charge on any atom is 0.573 e. The zero-order valence-corrected chi connectivity index (χ0v) is 12.4. The quantitative estimate of drug-likeness (QED) is 0.827. The Kier molecular flexibility index (Phi) is 5.24. The molecule has 5 nitrogen and oxygen atoms in total. The van der Waals surface area contributed by atoms with E-state index >= 15 is 0 Å². The van der Waals surface area contributed by atoms with E-state index in [1.807, 2.05) is 0 Å². The van der Waals surface area contributed by atoms with Gasteiger partial charge in [-0.15, -0.1) is 13.2 Å². The minimum Gasteiger partial charge on any atom is -0.405 e. The number of aromatic nitrogens is 2. The molecule has 0 aliphatic heterocycles. The van der Waals surface area contributed by atoms with Gasteiger partial charge < -0.3 is 10.1 Å². The fourth-order valence-corrected chi connectivity index (χ4v) is 1.87. The van der Waals surface area contributed by atoms with E-state index in [1.54, 1.807) is 0 Å². The SMILES string of the molecule is O=C(Cn1ccc(C(F)(F)F)n1)NCc1ccccc1OC(F)(F)F. The van der Waals surface area contributed by atoms with Gasteiger partial charge in [0.25, 0.3) is 0 Å². The molecule has 1 aromatic heterocycles. The average Bonchev–Trinajstić information content (AvgIpc) is 2.93. The molecule has 11 heteroatoms. The summed E-state index contributed by atoms with van der Waals surface area (Å²) in [5, 5.41) is 5.49. The highest BCUT2D eigenvalue weighted by Crippen LogP contribution is 2.27. The van der Waals surface area contributed by atoms with Gasteiger partial charge in [0.1, 0.15) is 12.3 Å². The van der Waals surface area contributed by atoms with Crippen LogP contribution < -0.4 is 10.1 Å². The molecule has 136 valence electrons. The normalized spacial score (nSPS) is 12.1. The molecule has 0 spiro atoms. The van der Waals surface area contributed by atoms with Gasteiger partial charge in [0.2, 0.25) is 5.91 Å². The predicted octanol–water partition coefficient (Wildman–Crippen LogP) is 3.12. The fourth-order valence-electron chi connectivity index (χ4n) is 1.87. The third-order valence-corrected chi connectivity index (χ3v) is 2.91. The molecular formula is C14H11F6N3O2. The predicted molar refractivity (Wildman–Crippen MR) is 72.2 cm³/mol. The molecule has 1 aromatic carbocycles. The van der Waals surface area contributed by atoms with Crippen LogP contribution in [-0.4, -0.2) is 22.1 Å². The molecule has 1 amide bonds. The lowest BCUT2D eigenvalue weighted by Gasteiger charge is -2.13. The molecule has 0 saturated carbocycles. The highest BCUT2D eigenvalue weighted by Gasteiger charge is 2.34. The average molecular weight is 367 g/mol. The fraction of sp³-hybridized carbons (Fsp3) is 0.286. The van der Waals surface area contributed by atoms with Gasteiger partial charge in [-0.2, -0.15) is 18.3 Å². The van der Waals surface area contributed by atoms with E-state index in [0.717, 1.165) is 16.9 Å². The molecule has 1 N–H and O–H groups in total. The molecule has 0 saturated heterocycles. The molecule has 0 radical (unpaired) electrons. The van der Waals surface area contributed by atoms with Crippen LogP contribution in [-0.2, 0) is 24.1 Å². The number of benzene rings is 1. The third kappa shape index (κ3) is 5.69. The standard InChI is InChI=1S/C14H11F6N3O2/c15-13(16,17)11-5-6-23(22-11)8-12(24)21-7-9-3-1-2-4-10(9)25-14(18,19)20/h1-6H,7-8H2,(H,21,24). The Morgan fingerprint density at radius 2 is 1.80 bits per heavy atom. The van der Waals surface area contributed by atoms with Crippen molar-refractivity contribution in [2.75, 3.05) is 0 Å². The smallest absolute Gasteiger partial charge is 0.405 e. The lowest BCUT2D eigenvalue weighted by atomic mass is 10.2. The lowest BCUT2D eigenvalue weighted by Crippen LogP contribution is -2.28. The Hall–Kier alpha value is -2.72. The molecule has 0 unspecified atom stereocenters. The van der Waals surface area contributed by atoms with Crippen molar-refractivity contribution in [1.29, 1.82) is 0 Å². The first-order valence-corrected chi connectivity index (χ1v) is 6.75. The Morgan fingerprint density at radius 1 is 1.12 bits per heavy atom. The highest BCUT2D eigenvalue weighted by molar-refractivity contribution is 5.75. The van der Waals surface area contributed by atoms with Crippen molar-refractivity contribution in [1.82, 2.24) is 15.1 Å². The molecule has 25 heavy (non-hydrogen) atoms. The summed E-state index contributed by atoms with van der Waals surface area (Å²) in [6.07, 6.45) is -8.54. The number of carbonyl (C=O) groups is 1. The number of alkyl halides is 6. The van der Waals surface area contributed by atoms with E-state index in [2.05, 4.69) is 15.2 Å². The molecule has 2 rings (SSSR count). The van der Waals surface area contributed by atoms with E-state index in [4.69, 9.17) is 0 Å². The van der Waals surface area contributed by atoms with Crippen LogP contribution in [0.5, 0.6) is 5.75 Å². The van der Waals surface area contributed by atoms with Crippen LogP contribution >= 0.6 is 0 Å². The van der Waals surface area contributed by atoms with Gasteiger partial charge >= 0.3 is 12.5 Å². The second kappa shape index (κ2) is 7.03. The molecule has 0 aliphatic rings. The number of para-hydroxylation sites is 1. The van der Waals surface area contributed by atoms with Gasteiger partial charge in [0, 0.05) is 18.3 Å². The summed E-state index contributed by atoms with van der Waals surface area (Å²) >= 11 is 0. The van der Waals surface area contributed by atoms with Crippen LogP contribution in [0, 0.1) is 0 Å². The monoisotopic (exact) mass is 367 g/mol. The Balaban J connectivity index is 1.95. The van der Waals surface area contributed by atoms with Gasteiger partial charge in [-0.05, 0) is 12.1 Å². The van der Waals surface area contributed by atoms with Crippen LogP contribution in [0.3, 0.4) is 0 Å². The number of rotatable bonds is 5. The van der Waals surface area contributed by atoms with E-state index in [9.17, 15) is 31.1 Å². The molecule has 2 aromatic rings. The van der Waals surface area contributed by atoms with Crippen molar-refractivity contribution in [2.24, 2.45) is 0 Å². The molecule has 0 aliphatic carbocycles. The summed E-state index contributed by atoms with van der Waals surface area (Å²) < 4.78 is 78.7. The van der Waals surface area contributed by atoms with E-state index in [0.29, 0.717) is 6.07 Å². The number of hydrogen-bond donors (Lipinski definition) is 1. The Bertz CT molecular complexity index is 739. The zero-order valence-electron chi connectivity index (χ0n) is 12.4. The first-order valence-electron chi connectivity index (χ1n) is 6.75. The van der Waals surface area contributed by atoms with Gasteiger partial charge in [-0.3, -0.25) is 9.48 Å². The second-order valence-corrected chi connectivity index (χ2v) is 4.83. The van der Waals surface area contributed by atoms with Gasteiger partial charge in [-0.25, -0.2) is 0 Å². The van der Waals surface area contributed by atoms with Gasteiger partial charge in [0.15, 0.2) is 5.69 Å². The van der Waals surface area contributed by atoms with E-state index in [-0.39, 0.29) is 12.1 Å². The summed E-state index contributed by atoms with van der Waals surface area (Å²) in [7, 11) is 0. The number of hydrogen-bond acceptors (Lipinski definition) is 3. The third-order valence-electron chi connectivity index (χ3n) is 2.91. The maximum absolute atomic E-state index is 12.4.